The molecule has 34 heavy (non-hydrogen) atoms. The first-order valence-corrected chi connectivity index (χ1v) is 11.0. The number of amides is 3. The number of aliphatic hydroxyl groups is 1. The quantitative estimate of drug-likeness (QED) is 0.367. The maximum absolute atomic E-state index is 13.2. The molecule has 0 spiro atoms. The van der Waals surface area contributed by atoms with Crippen molar-refractivity contribution in [3.8, 4) is 0 Å². The fourth-order valence-electron chi connectivity index (χ4n) is 3.89. The number of likely N-dealkylation sites (tertiary alicyclic amines) is 1. The average molecular weight is 466 g/mol. The number of carbonyl (C=O) groups excluding carboxylic acids is 3. The second-order valence-electron chi connectivity index (χ2n) is 8.35. The summed E-state index contributed by atoms with van der Waals surface area (Å²) >= 11 is 0. The lowest BCUT2D eigenvalue weighted by molar-refractivity contribution is -0.150. The van der Waals surface area contributed by atoms with E-state index < -0.39 is 24.0 Å². The summed E-state index contributed by atoms with van der Waals surface area (Å²) in [5.41, 5.74) is 8.12. The average Bonchev–Trinajstić information content (AvgIpc) is 2.78. The number of nitrogens with two attached hydrogens (primary N) is 1. The van der Waals surface area contributed by atoms with Crippen molar-refractivity contribution in [1.29, 1.82) is 5.41 Å². The van der Waals surface area contributed by atoms with Crippen LogP contribution in [0.2, 0.25) is 0 Å². The van der Waals surface area contributed by atoms with Crippen LogP contribution in [0.15, 0.2) is 42.5 Å². The molecule has 0 aliphatic carbocycles. The van der Waals surface area contributed by atoms with Crippen molar-refractivity contribution < 1.29 is 24.2 Å². The summed E-state index contributed by atoms with van der Waals surface area (Å²) in [7, 11) is 0. The van der Waals surface area contributed by atoms with Crippen LogP contribution >= 0.6 is 0 Å². The lowest BCUT2D eigenvalue weighted by Gasteiger charge is -2.35. The summed E-state index contributed by atoms with van der Waals surface area (Å²) in [5, 5.41) is 20.6. The van der Waals surface area contributed by atoms with Gasteiger partial charge in [0.1, 0.15) is 5.84 Å². The highest BCUT2D eigenvalue weighted by Gasteiger charge is 2.40. The summed E-state index contributed by atoms with van der Waals surface area (Å²) in [6, 6.07) is 11.4. The summed E-state index contributed by atoms with van der Waals surface area (Å²) in [5.74, 6) is -1.54. The van der Waals surface area contributed by atoms with Crippen LogP contribution in [-0.2, 0) is 14.3 Å². The lowest BCUT2D eigenvalue weighted by atomic mass is 10.0. The lowest BCUT2D eigenvalue weighted by Crippen LogP contribution is -2.55. The Balaban J connectivity index is 1.48. The Hall–Kier alpha value is -3.76. The van der Waals surface area contributed by atoms with Gasteiger partial charge in [-0.2, -0.15) is 0 Å². The van der Waals surface area contributed by atoms with Gasteiger partial charge in [0, 0.05) is 42.1 Å². The van der Waals surface area contributed by atoms with Crippen molar-refractivity contribution in [2.24, 2.45) is 5.73 Å². The standard InChI is InChI=1S/C24H27N5O5/c1-14-3-4-16(23(32)28-9-2-10-28)13-18(14)29-11-12-34-20(24(29)33)19(30)22(31)27-17-7-5-15(6-8-17)21(25)26/h3-8,13,19-20,30H,2,9-12H2,1H3,(H3,25,26)(H,27,31)/t19-,20-/m1/s1. The number of hydrogen-bond donors (Lipinski definition) is 4. The van der Waals surface area contributed by atoms with Gasteiger partial charge in [-0.05, 0) is 55.3 Å². The van der Waals surface area contributed by atoms with E-state index in [9.17, 15) is 19.5 Å². The zero-order valence-electron chi connectivity index (χ0n) is 18.8. The summed E-state index contributed by atoms with van der Waals surface area (Å²) in [6.45, 7) is 3.63. The molecule has 2 heterocycles. The van der Waals surface area contributed by atoms with Crippen molar-refractivity contribution in [3.05, 3.63) is 59.2 Å². The zero-order valence-corrected chi connectivity index (χ0v) is 18.8. The minimum absolute atomic E-state index is 0.0834. The number of amidine groups is 1. The van der Waals surface area contributed by atoms with Crippen LogP contribution in [0.4, 0.5) is 11.4 Å². The number of anilines is 2. The molecule has 2 atom stereocenters. The molecule has 2 aromatic rings. The molecule has 2 aliphatic rings. The van der Waals surface area contributed by atoms with Crippen molar-refractivity contribution >= 4 is 34.9 Å². The number of carbonyl (C=O) groups is 3. The van der Waals surface area contributed by atoms with Gasteiger partial charge in [-0.3, -0.25) is 19.8 Å². The van der Waals surface area contributed by atoms with Crippen LogP contribution in [0.1, 0.15) is 27.9 Å². The van der Waals surface area contributed by atoms with Gasteiger partial charge >= 0.3 is 0 Å². The third-order valence-corrected chi connectivity index (χ3v) is 6.03. The molecule has 0 aromatic heterocycles. The molecule has 2 saturated heterocycles. The zero-order chi connectivity index (χ0) is 24.4. The van der Waals surface area contributed by atoms with Gasteiger partial charge < -0.3 is 30.7 Å². The summed E-state index contributed by atoms with van der Waals surface area (Å²) < 4.78 is 5.47. The second-order valence-corrected chi connectivity index (χ2v) is 8.35. The molecule has 2 fully saturated rings. The molecule has 3 amide bonds. The van der Waals surface area contributed by atoms with E-state index in [1.165, 1.54) is 4.90 Å². The first-order chi connectivity index (χ1) is 16.3. The van der Waals surface area contributed by atoms with Gasteiger partial charge in [-0.1, -0.05) is 6.07 Å². The number of nitrogens with zero attached hydrogens (tertiary/aromatic N) is 2. The van der Waals surface area contributed by atoms with Crippen LogP contribution in [0.3, 0.4) is 0 Å². The van der Waals surface area contributed by atoms with E-state index in [1.807, 2.05) is 6.92 Å². The van der Waals surface area contributed by atoms with Crippen LogP contribution in [0, 0.1) is 12.3 Å². The maximum atomic E-state index is 13.2. The van der Waals surface area contributed by atoms with E-state index >= 15 is 0 Å². The van der Waals surface area contributed by atoms with Gasteiger partial charge in [-0.15, -0.1) is 0 Å². The molecule has 5 N–H and O–H groups in total. The number of nitrogen functional groups attached to an aromatic ring is 1. The Kier molecular flexibility index (Phi) is 6.62. The van der Waals surface area contributed by atoms with Gasteiger partial charge in [0.15, 0.2) is 12.2 Å². The van der Waals surface area contributed by atoms with E-state index in [1.54, 1.807) is 47.4 Å². The molecule has 10 nitrogen and oxygen atoms in total. The van der Waals surface area contributed by atoms with E-state index in [0.717, 1.165) is 25.1 Å². The number of rotatable bonds is 6. The molecule has 2 aromatic carbocycles. The van der Waals surface area contributed by atoms with E-state index in [0.29, 0.717) is 22.5 Å². The van der Waals surface area contributed by atoms with Gasteiger partial charge in [0.2, 0.25) is 0 Å². The first-order valence-electron chi connectivity index (χ1n) is 11.0. The molecule has 2 aliphatic heterocycles. The van der Waals surface area contributed by atoms with Crippen molar-refractivity contribution in [2.45, 2.75) is 25.6 Å². The Labute approximate surface area is 196 Å². The number of benzene rings is 2. The number of aryl methyl sites for hydroxylation is 1. The molecule has 178 valence electrons. The molecular weight excluding hydrogens is 438 g/mol. The van der Waals surface area contributed by atoms with Crippen LogP contribution in [0.5, 0.6) is 0 Å². The SMILES string of the molecule is Cc1ccc(C(=O)N2CCC2)cc1N1CCO[C@H]([C@@H](O)C(=O)Nc2ccc(C(=N)N)cc2)C1=O. The van der Waals surface area contributed by atoms with Gasteiger partial charge in [-0.25, -0.2) is 0 Å². The summed E-state index contributed by atoms with van der Waals surface area (Å²) in [6.07, 6.45) is -2.15. The normalized spacial score (nSPS) is 18.8. The highest BCUT2D eigenvalue weighted by atomic mass is 16.5. The third kappa shape index (κ3) is 4.63. The predicted molar refractivity (Wildman–Crippen MR) is 126 cm³/mol. The van der Waals surface area contributed by atoms with Crippen molar-refractivity contribution in [2.75, 3.05) is 36.5 Å². The number of morpholine rings is 1. The predicted octanol–water partition coefficient (Wildman–Crippen LogP) is 0.856. The van der Waals surface area contributed by atoms with Crippen LogP contribution in [0.25, 0.3) is 0 Å². The molecule has 0 unspecified atom stereocenters. The molecule has 4 rings (SSSR count). The number of hydrogen-bond acceptors (Lipinski definition) is 6. The molecule has 10 heteroatoms. The van der Waals surface area contributed by atoms with Crippen molar-refractivity contribution in [1.82, 2.24) is 4.90 Å². The molecule has 0 radical (unpaired) electrons. The third-order valence-electron chi connectivity index (χ3n) is 6.03. The van der Waals surface area contributed by atoms with Crippen molar-refractivity contribution in [3.63, 3.8) is 0 Å². The second kappa shape index (κ2) is 9.62. The van der Waals surface area contributed by atoms with E-state index in [2.05, 4.69) is 5.32 Å². The number of nitrogens with one attached hydrogen (secondary N) is 2. The summed E-state index contributed by atoms with van der Waals surface area (Å²) in [4.78, 5) is 41.7. The highest BCUT2D eigenvalue weighted by Crippen LogP contribution is 2.27. The maximum Gasteiger partial charge on any atom is 0.259 e. The fraction of sp³-hybridized carbons (Fsp3) is 0.333. The van der Waals surface area contributed by atoms with E-state index in [-0.39, 0.29) is 24.9 Å². The first kappa shape index (κ1) is 23.4. The Morgan fingerprint density at radius 1 is 1.15 bits per heavy atom. The van der Waals surface area contributed by atoms with Gasteiger partial charge in [0.25, 0.3) is 17.7 Å². The number of aliphatic hydroxyl groups excluding tert-OH is 1. The highest BCUT2D eigenvalue weighted by molar-refractivity contribution is 6.05. The minimum Gasteiger partial charge on any atom is -0.384 e. The minimum atomic E-state index is -1.74. The van der Waals surface area contributed by atoms with Gasteiger partial charge in [0.05, 0.1) is 6.61 Å². The van der Waals surface area contributed by atoms with Crippen LogP contribution in [-0.4, -0.2) is 72.0 Å². The Bertz CT molecular complexity index is 1130. The molecule has 0 saturated carbocycles. The van der Waals surface area contributed by atoms with Crippen LogP contribution < -0.4 is 16.0 Å². The molecule has 0 bridgehead atoms. The Morgan fingerprint density at radius 3 is 2.44 bits per heavy atom. The Morgan fingerprint density at radius 2 is 1.82 bits per heavy atom. The van der Waals surface area contributed by atoms with E-state index in [4.69, 9.17) is 15.9 Å². The fourth-order valence-corrected chi connectivity index (χ4v) is 3.89. The molecular formula is C24H27N5O5. The smallest absolute Gasteiger partial charge is 0.259 e. The monoisotopic (exact) mass is 465 g/mol. The number of ether oxygens (including phenoxy) is 1. The topological polar surface area (TPSA) is 149 Å². The largest absolute Gasteiger partial charge is 0.384 e.